The van der Waals surface area contributed by atoms with Crippen LogP contribution < -0.4 is 14.8 Å². The van der Waals surface area contributed by atoms with Gasteiger partial charge in [-0.25, -0.2) is 9.18 Å². The zero-order valence-corrected chi connectivity index (χ0v) is 14.3. The van der Waals surface area contributed by atoms with Crippen molar-refractivity contribution < 1.29 is 28.2 Å². The van der Waals surface area contributed by atoms with E-state index in [1.165, 1.54) is 44.6 Å². The van der Waals surface area contributed by atoms with Gasteiger partial charge in [0.25, 0.3) is 5.91 Å². The maximum absolute atomic E-state index is 13.4. The second kappa shape index (κ2) is 9.22. The molecule has 2 aromatic rings. The molecule has 0 aromatic heterocycles. The molecule has 6 nitrogen and oxygen atoms in total. The number of hydrogen-bond donors (Lipinski definition) is 1. The van der Waals surface area contributed by atoms with E-state index in [0.29, 0.717) is 17.1 Å². The minimum Gasteiger partial charge on any atom is -0.493 e. The Labute approximate surface area is 150 Å². The molecular formula is C19H18FNO5. The quantitative estimate of drug-likeness (QED) is 0.608. The Bertz CT molecular complexity index is 819. The summed E-state index contributed by atoms with van der Waals surface area (Å²) in [5.74, 6) is -0.823. The summed E-state index contributed by atoms with van der Waals surface area (Å²) in [5.41, 5.74) is 0.713. The molecule has 0 heterocycles. The predicted molar refractivity (Wildman–Crippen MR) is 94.6 cm³/mol. The van der Waals surface area contributed by atoms with Gasteiger partial charge in [0.1, 0.15) is 5.82 Å². The molecule has 0 bridgehead atoms. The first-order chi connectivity index (χ1) is 12.5. The monoisotopic (exact) mass is 359 g/mol. The van der Waals surface area contributed by atoms with Crippen molar-refractivity contribution in [2.24, 2.45) is 0 Å². The molecule has 1 N–H and O–H groups in total. The van der Waals surface area contributed by atoms with Gasteiger partial charge in [-0.2, -0.15) is 0 Å². The summed E-state index contributed by atoms with van der Waals surface area (Å²) in [6.07, 6.45) is 2.69. The molecule has 0 saturated carbocycles. The molecule has 0 atom stereocenters. The molecular weight excluding hydrogens is 341 g/mol. The molecule has 0 aliphatic heterocycles. The summed E-state index contributed by atoms with van der Waals surface area (Å²) in [7, 11) is 3.03. The van der Waals surface area contributed by atoms with Gasteiger partial charge in [0.2, 0.25) is 0 Å². The van der Waals surface area contributed by atoms with Crippen LogP contribution in [0.4, 0.5) is 10.1 Å². The fourth-order valence-corrected chi connectivity index (χ4v) is 2.05. The molecule has 0 spiro atoms. The van der Waals surface area contributed by atoms with Crippen molar-refractivity contribution in [2.45, 2.75) is 0 Å². The van der Waals surface area contributed by atoms with Gasteiger partial charge < -0.3 is 19.5 Å². The number of halogens is 1. The predicted octanol–water partition coefficient (Wildman–Crippen LogP) is 3.04. The first-order valence-corrected chi connectivity index (χ1v) is 7.64. The number of esters is 1. The molecule has 0 radical (unpaired) electrons. The van der Waals surface area contributed by atoms with Crippen LogP contribution in [0.1, 0.15) is 5.56 Å². The zero-order valence-electron chi connectivity index (χ0n) is 14.3. The Morgan fingerprint density at radius 1 is 1.08 bits per heavy atom. The van der Waals surface area contributed by atoms with Crippen molar-refractivity contribution in [3.05, 3.63) is 59.9 Å². The van der Waals surface area contributed by atoms with Crippen LogP contribution in [0.2, 0.25) is 0 Å². The Hall–Kier alpha value is -3.35. The SMILES string of the molecule is COc1ccc(/C=C/C(=O)OCC(=O)Nc2ccccc2F)cc1OC. The van der Waals surface area contributed by atoms with Crippen molar-refractivity contribution in [3.63, 3.8) is 0 Å². The van der Waals surface area contributed by atoms with Crippen LogP contribution in [-0.2, 0) is 14.3 Å². The van der Waals surface area contributed by atoms with Crippen LogP contribution in [0.25, 0.3) is 6.08 Å². The molecule has 0 saturated heterocycles. The number of hydrogen-bond acceptors (Lipinski definition) is 5. The van der Waals surface area contributed by atoms with E-state index in [9.17, 15) is 14.0 Å². The first-order valence-electron chi connectivity index (χ1n) is 7.64. The van der Waals surface area contributed by atoms with Gasteiger partial charge in [-0.1, -0.05) is 18.2 Å². The van der Waals surface area contributed by atoms with Crippen LogP contribution in [0.3, 0.4) is 0 Å². The van der Waals surface area contributed by atoms with Gasteiger partial charge >= 0.3 is 5.97 Å². The summed E-state index contributed by atoms with van der Waals surface area (Å²) in [6, 6.07) is 10.8. The summed E-state index contributed by atoms with van der Waals surface area (Å²) in [4.78, 5) is 23.4. The van der Waals surface area contributed by atoms with Gasteiger partial charge in [-0.15, -0.1) is 0 Å². The standard InChI is InChI=1S/C19H18FNO5/c1-24-16-9-7-13(11-17(16)25-2)8-10-19(23)26-12-18(22)21-15-6-4-3-5-14(15)20/h3-11H,12H2,1-2H3,(H,21,22)/b10-8+. The average molecular weight is 359 g/mol. The number of para-hydroxylation sites is 1. The molecule has 0 unspecified atom stereocenters. The number of rotatable bonds is 7. The number of benzene rings is 2. The highest BCUT2D eigenvalue weighted by atomic mass is 19.1. The maximum Gasteiger partial charge on any atom is 0.331 e. The third kappa shape index (κ3) is 5.34. The van der Waals surface area contributed by atoms with Crippen LogP contribution in [0.5, 0.6) is 11.5 Å². The molecule has 0 aliphatic carbocycles. The normalized spacial score (nSPS) is 10.4. The van der Waals surface area contributed by atoms with Crippen LogP contribution in [0.15, 0.2) is 48.5 Å². The van der Waals surface area contributed by atoms with E-state index < -0.39 is 24.3 Å². The number of carbonyl (C=O) groups excluding carboxylic acids is 2. The number of carbonyl (C=O) groups is 2. The number of ether oxygens (including phenoxy) is 3. The fraction of sp³-hybridized carbons (Fsp3) is 0.158. The second-order valence-corrected chi connectivity index (χ2v) is 5.08. The number of methoxy groups -OCH3 is 2. The van der Waals surface area contributed by atoms with Gasteiger partial charge in [0.05, 0.1) is 19.9 Å². The second-order valence-electron chi connectivity index (χ2n) is 5.08. The Kier molecular flexibility index (Phi) is 6.73. The fourth-order valence-electron chi connectivity index (χ4n) is 2.05. The Balaban J connectivity index is 1.87. The van der Waals surface area contributed by atoms with E-state index in [1.54, 1.807) is 24.3 Å². The lowest BCUT2D eigenvalue weighted by Gasteiger charge is -2.07. The van der Waals surface area contributed by atoms with Crippen molar-refractivity contribution in [1.82, 2.24) is 0 Å². The Morgan fingerprint density at radius 3 is 2.50 bits per heavy atom. The molecule has 136 valence electrons. The zero-order chi connectivity index (χ0) is 18.9. The van der Waals surface area contributed by atoms with E-state index >= 15 is 0 Å². The minimum atomic E-state index is -0.705. The van der Waals surface area contributed by atoms with E-state index in [-0.39, 0.29) is 5.69 Å². The van der Waals surface area contributed by atoms with E-state index in [2.05, 4.69) is 5.32 Å². The van der Waals surface area contributed by atoms with Crippen molar-refractivity contribution in [1.29, 1.82) is 0 Å². The lowest BCUT2D eigenvalue weighted by atomic mass is 10.2. The lowest BCUT2D eigenvalue weighted by Crippen LogP contribution is -2.20. The maximum atomic E-state index is 13.4. The Morgan fingerprint density at radius 2 is 1.81 bits per heavy atom. The average Bonchev–Trinajstić information content (AvgIpc) is 2.66. The summed E-state index contributed by atoms with van der Waals surface area (Å²) >= 11 is 0. The molecule has 0 aliphatic rings. The summed E-state index contributed by atoms with van der Waals surface area (Å²) < 4.78 is 28.5. The van der Waals surface area contributed by atoms with Gasteiger partial charge in [0, 0.05) is 6.08 Å². The van der Waals surface area contributed by atoms with Gasteiger partial charge in [0.15, 0.2) is 18.1 Å². The number of amides is 1. The smallest absolute Gasteiger partial charge is 0.331 e. The van der Waals surface area contributed by atoms with E-state index in [1.807, 2.05) is 0 Å². The summed E-state index contributed by atoms with van der Waals surface area (Å²) in [5, 5.41) is 2.32. The highest BCUT2D eigenvalue weighted by molar-refractivity contribution is 5.94. The van der Waals surface area contributed by atoms with Crippen molar-refractivity contribution in [2.75, 3.05) is 26.1 Å². The van der Waals surface area contributed by atoms with Crippen LogP contribution in [-0.4, -0.2) is 32.7 Å². The molecule has 0 fully saturated rings. The third-order valence-electron chi connectivity index (χ3n) is 3.31. The molecule has 7 heteroatoms. The van der Waals surface area contributed by atoms with Crippen LogP contribution in [0, 0.1) is 5.82 Å². The highest BCUT2D eigenvalue weighted by Gasteiger charge is 2.08. The van der Waals surface area contributed by atoms with Gasteiger partial charge in [-0.05, 0) is 35.9 Å². The van der Waals surface area contributed by atoms with Crippen LogP contribution >= 0.6 is 0 Å². The van der Waals surface area contributed by atoms with E-state index in [0.717, 1.165) is 0 Å². The molecule has 2 aromatic carbocycles. The molecule has 2 rings (SSSR count). The number of nitrogens with one attached hydrogen (secondary N) is 1. The minimum absolute atomic E-state index is 0.0226. The van der Waals surface area contributed by atoms with Crippen molar-refractivity contribution >= 4 is 23.6 Å². The summed E-state index contributed by atoms with van der Waals surface area (Å²) in [6.45, 7) is -0.524. The lowest BCUT2D eigenvalue weighted by molar-refractivity contribution is -0.142. The highest BCUT2D eigenvalue weighted by Crippen LogP contribution is 2.27. The van der Waals surface area contributed by atoms with Crippen molar-refractivity contribution in [3.8, 4) is 11.5 Å². The topological polar surface area (TPSA) is 73.9 Å². The first kappa shape index (κ1) is 19.0. The van der Waals surface area contributed by atoms with E-state index in [4.69, 9.17) is 14.2 Å². The molecule has 1 amide bonds. The number of anilines is 1. The van der Waals surface area contributed by atoms with Gasteiger partial charge in [-0.3, -0.25) is 4.79 Å². The largest absolute Gasteiger partial charge is 0.493 e. The molecule has 26 heavy (non-hydrogen) atoms. The third-order valence-corrected chi connectivity index (χ3v) is 3.31.